The van der Waals surface area contributed by atoms with Gasteiger partial charge in [-0.2, -0.15) is 0 Å². The van der Waals surface area contributed by atoms with Gasteiger partial charge in [-0.25, -0.2) is 0 Å². The number of halogens is 1. The molecule has 0 N–H and O–H groups in total. The number of carbonyl (C=O) groups is 2. The fourth-order valence-corrected chi connectivity index (χ4v) is 7.64. The third-order valence-corrected chi connectivity index (χ3v) is 10.3. The Morgan fingerprint density at radius 1 is 0.810 bits per heavy atom. The van der Waals surface area contributed by atoms with E-state index in [0.717, 1.165) is 81.5 Å². The maximum atomic E-state index is 14.1. The molecule has 2 aliphatic heterocycles. The largest absolute Gasteiger partial charge is 0.342 e. The highest BCUT2D eigenvalue weighted by Crippen LogP contribution is 2.56. The molecule has 6 heteroatoms. The van der Waals surface area contributed by atoms with Gasteiger partial charge in [-0.3, -0.25) is 9.59 Å². The highest BCUT2D eigenvalue weighted by Gasteiger charge is 2.62. The van der Waals surface area contributed by atoms with Crippen LogP contribution in [-0.4, -0.2) is 66.3 Å². The summed E-state index contributed by atoms with van der Waals surface area (Å²) in [6, 6.07) is 28.5. The molecule has 0 radical (unpaired) electrons. The lowest BCUT2D eigenvalue weighted by molar-refractivity contribution is -0.140. The predicted octanol–water partition coefficient (Wildman–Crippen LogP) is 6.30. The van der Waals surface area contributed by atoms with Gasteiger partial charge in [-0.1, -0.05) is 84.4 Å². The molecule has 2 amide bonds. The molecule has 5 nitrogen and oxygen atoms in total. The summed E-state index contributed by atoms with van der Waals surface area (Å²) < 4.78 is 0. The smallest absolute Gasteiger partial charge is 0.233 e. The molecular weight excluding hydrogens is 542 g/mol. The Morgan fingerprint density at radius 2 is 1.43 bits per heavy atom. The van der Waals surface area contributed by atoms with Gasteiger partial charge in [0.1, 0.15) is 0 Å². The average molecular weight is 584 g/mol. The Bertz CT molecular complexity index is 1370. The fourth-order valence-electron chi connectivity index (χ4n) is 7.52. The molecule has 220 valence electrons. The van der Waals surface area contributed by atoms with E-state index in [4.69, 9.17) is 11.6 Å². The Morgan fingerprint density at radius 3 is 2.07 bits per heavy atom. The molecule has 0 unspecified atom stereocenters. The van der Waals surface area contributed by atoms with Crippen molar-refractivity contribution in [1.82, 2.24) is 14.7 Å². The van der Waals surface area contributed by atoms with Crippen LogP contribution in [0.4, 0.5) is 0 Å². The van der Waals surface area contributed by atoms with Gasteiger partial charge in [-0.05, 0) is 86.4 Å². The zero-order valence-electron chi connectivity index (χ0n) is 24.7. The van der Waals surface area contributed by atoms with E-state index in [1.54, 1.807) is 0 Å². The minimum absolute atomic E-state index is 0.176. The molecule has 3 fully saturated rings. The number of amides is 2. The van der Waals surface area contributed by atoms with E-state index in [0.29, 0.717) is 17.5 Å². The number of rotatable bonds is 8. The summed E-state index contributed by atoms with van der Waals surface area (Å²) in [5.41, 5.74) is 2.34. The number of carbonyl (C=O) groups excluding carboxylic acids is 2. The van der Waals surface area contributed by atoms with Gasteiger partial charge in [0.15, 0.2) is 0 Å². The number of likely N-dealkylation sites (tertiary alicyclic amines) is 2. The second-order valence-corrected chi connectivity index (χ2v) is 13.1. The molecule has 0 bridgehead atoms. The first-order chi connectivity index (χ1) is 20.4. The van der Waals surface area contributed by atoms with Crippen molar-refractivity contribution in [3.8, 4) is 0 Å². The Hall–Kier alpha value is -3.15. The van der Waals surface area contributed by atoms with Gasteiger partial charge < -0.3 is 14.7 Å². The molecule has 3 aliphatic rings. The lowest BCUT2D eigenvalue weighted by Crippen LogP contribution is -2.54. The van der Waals surface area contributed by atoms with Crippen LogP contribution >= 0.6 is 11.6 Å². The normalized spacial score (nSPS) is 23.8. The van der Waals surface area contributed by atoms with Crippen LogP contribution in [0.2, 0.25) is 5.02 Å². The molecule has 0 spiro atoms. The number of likely N-dealkylation sites (N-methyl/N-ethyl adjacent to an activating group) is 1. The van der Waals surface area contributed by atoms with Crippen molar-refractivity contribution >= 4 is 23.4 Å². The lowest BCUT2D eigenvalue weighted by Gasteiger charge is -2.44. The van der Waals surface area contributed by atoms with Crippen LogP contribution in [0.1, 0.15) is 55.2 Å². The SMILES string of the molecule is CN(Cc1ccccc1)C(=O)[C@@]1(c2ccc(Cl)cc2)C[C@H]1CN1CCC(C(=O)N2CCCCC2)(c2ccccc2)CC1. The topological polar surface area (TPSA) is 43.9 Å². The molecule has 0 aromatic heterocycles. The summed E-state index contributed by atoms with van der Waals surface area (Å²) >= 11 is 6.25. The van der Waals surface area contributed by atoms with E-state index >= 15 is 0 Å². The first-order valence-corrected chi connectivity index (χ1v) is 15.9. The van der Waals surface area contributed by atoms with Gasteiger partial charge in [0.25, 0.3) is 0 Å². The molecule has 2 heterocycles. The molecule has 6 rings (SSSR count). The minimum atomic E-state index is -0.536. The van der Waals surface area contributed by atoms with Crippen molar-refractivity contribution in [3.63, 3.8) is 0 Å². The number of nitrogens with zero attached hydrogens (tertiary/aromatic N) is 3. The van der Waals surface area contributed by atoms with E-state index in [1.807, 2.05) is 60.5 Å². The monoisotopic (exact) mass is 583 g/mol. The van der Waals surface area contributed by atoms with E-state index < -0.39 is 10.8 Å². The van der Waals surface area contributed by atoms with Crippen LogP contribution in [0.3, 0.4) is 0 Å². The first-order valence-electron chi connectivity index (χ1n) is 15.6. The zero-order valence-corrected chi connectivity index (χ0v) is 25.4. The summed E-state index contributed by atoms with van der Waals surface area (Å²) in [7, 11) is 1.92. The third kappa shape index (κ3) is 5.61. The lowest BCUT2D eigenvalue weighted by atomic mass is 9.71. The molecule has 2 atom stereocenters. The van der Waals surface area contributed by atoms with Crippen LogP contribution in [0.5, 0.6) is 0 Å². The predicted molar refractivity (Wildman–Crippen MR) is 168 cm³/mol. The number of piperidine rings is 2. The van der Waals surface area contributed by atoms with Gasteiger partial charge >= 0.3 is 0 Å². The molecular formula is C36H42ClN3O2. The molecule has 42 heavy (non-hydrogen) atoms. The quantitative estimate of drug-likeness (QED) is 0.312. The van der Waals surface area contributed by atoms with Crippen LogP contribution in [0, 0.1) is 5.92 Å². The van der Waals surface area contributed by atoms with Crippen molar-refractivity contribution in [2.75, 3.05) is 39.8 Å². The first kappa shape index (κ1) is 28.9. The van der Waals surface area contributed by atoms with Gasteiger partial charge in [0, 0.05) is 38.2 Å². The molecule has 2 saturated heterocycles. The van der Waals surface area contributed by atoms with Crippen molar-refractivity contribution in [2.24, 2.45) is 5.92 Å². The van der Waals surface area contributed by atoms with Crippen molar-refractivity contribution in [3.05, 3.63) is 107 Å². The van der Waals surface area contributed by atoms with Gasteiger partial charge in [0.2, 0.25) is 11.8 Å². The maximum Gasteiger partial charge on any atom is 0.233 e. The van der Waals surface area contributed by atoms with E-state index in [2.05, 4.69) is 46.2 Å². The van der Waals surface area contributed by atoms with E-state index in [9.17, 15) is 9.59 Å². The Labute approximate surface area is 255 Å². The number of hydrogen-bond acceptors (Lipinski definition) is 3. The van der Waals surface area contributed by atoms with Crippen LogP contribution in [-0.2, 0) is 27.0 Å². The molecule has 3 aromatic rings. The third-order valence-electron chi connectivity index (χ3n) is 10.0. The molecule has 1 aliphatic carbocycles. The highest BCUT2D eigenvalue weighted by atomic mass is 35.5. The number of benzene rings is 3. The van der Waals surface area contributed by atoms with E-state index in [1.165, 1.54) is 6.42 Å². The Kier molecular flexibility index (Phi) is 8.42. The Balaban J connectivity index is 1.19. The van der Waals surface area contributed by atoms with E-state index in [-0.39, 0.29) is 11.8 Å². The second kappa shape index (κ2) is 12.2. The zero-order chi connectivity index (χ0) is 29.2. The second-order valence-electron chi connectivity index (χ2n) is 12.6. The number of hydrogen-bond donors (Lipinski definition) is 0. The van der Waals surface area contributed by atoms with Crippen LogP contribution in [0.15, 0.2) is 84.9 Å². The standard InChI is InChI=1S/C36H42ClN3O2/c1-38(26-28-11-5-2-6-12-28)34(42)36(30-15-17-32(37)18-16-30)25-31(36)27-39-23-19-35(20-24-39,29-13-7-3-8-14-29)33(41)40-21-9-4-10-22-40/h2-3,5-8,11-18,31H,4,9-10,19-27H2,1H3/t31-,36+/m0/s1. The summed E-state index contributed by atoms with van der Waals surface area (Å²) in [4.78, 5) is 34.7. The average Bonchev–Trinajstić information content (AvgIpc) is 3.76. The van der Waals surface area contributed by atoms with Gasteiger partial charge in [0.05, 0.1) is 10.8 Å². The van der Waals surface area contributed by atoms with Crippen molar-refractivity contribution in [1.29, 1.82) is 0 Å². The van der Waals surface area contributed by atoms with Gasteiger partial charge in [-0.15, -0.1) is 0 Å². The summed E-state index contributed by atoms with van der Waals surface area (Å²) in [5.74, 6) is 0.716. The van der Waals surface area contributed by atoms with Crippen LogP contribution in [0.25, 0.3) is 0 Å². The highest BCUT2D eigenvalue weighted by molar-refractivity contribution is 6.30. The van der Waals surface area contributed by atoms with Crippen molar-refractivity contribution in [2.45, 2.75) is 55.9 Å². The minimum Gasteiger partial charge on any atom is -0.342 e. The summed E-state index contributed by atoms with van der Waals surface area (Å²) in [6.45, 7) is 4.91. The molecule has 3 aromatic carbocycles. The summed E-state index contributed by atoms with van der Waals surface area (Å²) in [5, 5.41) is 0.683. The summed E-state index contributed by atoms with van der Waals surface area (Å²) in [6.07, 6.45) is 5.88. The maximum absolute atomic E-state index is 14.1. The van der Waals surface area contributed by atoms with Crippen molar-refractivity contribution < 1.29 is 9.59 Å². The molecule has 1 saturated carbocycles. The fraction of sp³-hybridized carbons (Fsp3) is 0.444. The van der Waals surface area contributed by atoms with Crippen LogP contribution < -0.4 is 0 Å².